The molecule has 0 aromatic rings. The van der Waals surface area contributed by atoms with Crippen LogP contribution in [0.25, 0.3) is 0 Å². The van der Waals surface area contributed by atoms with Crippen LogP contribution in [0.5, 0.6) is 0 Å². The highest BCUT2D eigenvalue weighted by Crippen LogP contribution is 2.68. The second-order valence-electron chi connectivity index (χ2n) is 9.96. The predicted octanol–water partition coefficient (Wildman–Crippen LogP) is 4.76. The molecule has 0 spiro atoms. The summed E-state index contributed by atoms with van der Waals surface area (Å²) in [5.74, 6) is 2.57. The van der Waals surface area contributed by atoms with Crippen molar-refractivity contribution in [2.45, 2.75) is 78.2 Å². The van der Waals surface area contributed by atoms with Crippen LogP contribution in [0.2, 0.25) is 0 Å². The molecule has 7 unspecified atom stereocenters. The summed E-state index contributed by atoms with van der Waals surface area (Å²) < 4.78 is 0. The minimum atomic E-state index is -0.164. The Morgan fingerprint density at radius 1 is 1.04 bits per heavy atom. The largest absolute Gasteiger partial charge is 0.399 e. The van der Waals surface area contributed by atoms with Crippen molar-refractivity contribution in [2.24, 2.45) is 46.0 Å². The summed E-state index contributed by atoms with van der Waals surface area (Å²) in [5, 5.41) is 0. The van der Waals surface area contributed by atoms with Gasteiger partial charge < -0.3 is 11.5 Å². The molecule has 2 nitrogen and oxygen atoms in total. The molecular formula is C22H36N2. The molecule has 4 N–H and O–H groups in total. The average molecular weight is 329 g/mol. The van der Waals surface area contributed by atoms with Gasteiger partial charge in [-0.3, -0.25) is 0 Å². The summed E-state index contributed by atoms with van der Waals surface area (Å²) in [5.41, 5.74) is 16.8. The molecule has 0 aromatic heterocycles. The fourth-order valence-corrected chi connectivity index (χ4v) is 7.14. The summed E-state index contributed by atoms with van der Waals surface area (Å²) in [7, 11) is 0. The van der Waals surface area contributed by atoms with Crippen LogP contribution in [-0.2, 0) is 0 Å². The van der Waals surface area contributed by atoms with E-state index in [1.807, 2.05) is 0 Å². The highest BCUT2D eigenvalue weighted by molar-refractivity contribution is 5.45. The minimum Gasteiger partial charge on any atom is -0.399 e. The molecule has 4 rings (SSSR count). The van der Waals surface area contributed by atoms with Gasteiger partial charge >= 0.3 is 0 Å². The highest BCUT2D eigenvalue weighted by atomic mass is 14.8. The standard InChI is InChI=1S/C22H36N2/c1-5-20(3)9-7-16-15-13-19(23)18-12-14(2)6-11-22(18,24)17(15)8-10-21(16,20)4/h12-17H,5-11,23-24H2,1-4H3. The van der Waals surface area contributed by atoms with E-state index in [9.17, 15) is 0 Å². The molecule has 0 aromatic carbocycles. The summed E-state index contributed by atoms with van der Waals surface area (Å²) >= 11 is 0. The molecule has 24 heavy (non-hydrogen) atoms. The number of hydrogen-bond acceptors (Lipinski definition) is 2. The average Bonchev–Trinajstić information content (AvgIpc) is 2.82. The zero-order chi connectivity index (χ0) is 17.3. The molecule has 2 heteroatoms. The Balaban J connectivity index is 1.77. The first kappa shape index (κ1) is 16.7. The molecule has 0 bridgehead atoms. The highest BCUT2D eigenvalue weighted by Gasteiger charge is 2.61. The number of nitrogens with two attached hydrogens (primary N) is 2. The van der Waals surface area contributed by atoms with Crippen molar-refractivity contribution in [3.8, 4) is 0 Å². The molecule has 0 amide bonds. The van der Waals surface area contributed by atoms with Gasteiger partial charge in [0.2, 0.25) is 0 Å². The van der Waals surface area contributed by atoms with E-state index < -0.39 is 0 Å². The van der Waals surface area contributed by atoms with E-state index in [1.165, 1.54) is 44.1 Å². The quantitative estimate of drug-likeness (QED) is 0.729. The Hall–Kier alpha value is -0.760. The third kappa shape index (κ3) is 1.92. The molecule has 0 radical (unpaired) electrons. The summed E-state index contributed by atoms with van der Waals surface area (Å²) in [6, 6.07) is 0. The van der Waals surface area contributed by atoms with Crippen molar-refractivity contribution in [2.75, 3.05) is 0 Å². The first-order valence-electron chi connectivity index (χ1n) is 10.2. The van der Waals surface area contributed by atoms with Crippen LogP contribution in [0.15, 0.2) is 23.4 Å². The van der Waals surface area contributed by atoms with Gasteiger partial charge in [0.25, 0.3) is 0 Å². The molecule has 7 atom stereocenters. The fourth-order valence-electron chi connectivity index (χ4n) is 7.14. The molecule has 2 saturated carbocycles. The number of fused-ring (bicyclic) bond motifs is 5. The Kier molecular flexibility index (Phi) is 3.57. The zero-order valence-corrected chi connectivity index (χ0v) is 16.1. The van der Waals surface area contributed by atoms with E-state index in [0.717, 1.165) is 18.0 Å². The van der Waals surface area contributed by atoms with E-state index in [2.05, 4.69) is 39.8 Å². The normalized spacial score (nSPS) is 53.5. The van der Waals surface area contributed by atoms with E-state index in [4.69, 9.17) is 11.5 Å². The van der Waals surface area contributed by atoms with E-state index in [-0.39, 0.29) is 5.54 Å². The van der Waals surface area contributed by atoms with Gasteiger partial charge in [0.05, 0.1) is 0 Å². The van der Waals surface area contributed by atoms with Gasteiger partial charge in [0.15, 0.2) is 0 Å². The molecule has 4 aliphatic carbocycles. The maximum absolute atomic E-state index is 7.11. The summed E-state index contributed by atoms with van der Waals surface area (Å²) in [6.45, 7) is 9.80. The molecule has 2 fully saturated rings. The van der Waals surface area contributed by atoms with Crippen molar-refractivity contribution in [3.63, 3.8) is 0 Å². The first-order chi connectivity index (χ1) is 11.2. The summed E-state index contributed by atoms with van der Waals surface area (Å²) in [4.78, 5) is 0. The van der Waals surface area contributed by atoms with Gasteiger partial charge in [-0.15, -0.1) is 0 Å². The Labute approximate surface area is 148 Å². The minimum absolute atomic E-state index is 0.164. The van der Waals surface area contributed by atoms with Gasteiger partial charge in [0, 0.05) is 11.2 Å². The predicted molar refractivity (Wildman–Crippen MR) is 101 cm³/mol. The molecular weight excluding hydrogens is 292 g/mol. The van der Waals surface area contributed by atoms with Crippen LogP contribution in [0.3, 0.4) is 0 Å². The third-order valence-corrected chi connectivity index (χ3v) is 9.20. The van der Waals surface area contributed by atoms with Crippen molar-refractivity contribution >= 4 is 0 Å². The monoisotopic (exact) mass is 328 g/mol. The number of hydrogen-bond donors (Lipinski definition) is 2. The second-order valence-corrected chi connectivity index (χ2v) is 9.96. The molecule has 0 aliphatic heterocycles. The van der Waals surface area contributed by atoms with E-state index >= 15 is 0 Å². The number of rotatable bonds is 1. The fraction of sp³-hybridized carbons (Fsp3) is 0.818. The Bertz CT molecular complexity index is 605. The topological polar surface area (TPSA) is 52.0 Å². The Morgan fingerprint density at radius 3 is 2.46 bits per heavy atom. The zero-order valence-electron chi connectivity index (χ0n) is 16.1. The maximum Gasteiger partial charge on any atom is 0.0461 e. The summed E-state index contributed by atoms with van der Waals surface area (Å²) in [6.07, 6.45) is 13.8. The maximum atomic E-state index is 7.11. The van der Waals surface area contributed by atoms with Crippen LogP contribution in [0.1, 0.15) is 72.6 Å². The van der Waals surface area contributed by atoms with Crippen LogP contribution in [0, 0.1) is 34.5 Å². The van der Waals surface area contributed by atoms with Crippen molar-refractivity contribution < 1.29 is 0 Å². The van der Waals surface area contributed by atoms with Gasteiger partial charge in [0.1, 0.15) is 0 Å². The lowest BCUT2D eigenvalue weighted by Crippen LogP contribution is -2.60. The SMILES string of the molecule is CCC1(C)CCC2C3C=C(N)C4=CC(C)CCC4(N)C3CCC21C. The van der Waals surface area contributed by atoms with E-state index in [1.54, 1.807) is 0 Å². The van der Waals surface area contributed by atoms with Crippen LogP contribution < -0.4 is 11.5 Å². The molecule has 0 heterocycles. The lowest BCUT2D eigenvalue weighted by molar-refractivity contribution is -0.0359. The molecule has 0 saturated heterocycles. The lowest BCUT2D eigenvalue weighted by Gasteiger charge is -2.58. The van der Waals surface area contributed by atoms with Crippen molar-refractivity contribution in [1.29, 1.82) is 0 Å². The number of allylic oxidation sites excluding steroid dienone is 2. The van der Waals surface area contributed by atoms with Crippen LogP contribution in [-0.4, -0.2) is 5.54 Å². The molecule has 134 valence electrons. The lowest BCUT2D eigenvalue weighted by atomic mass is 9.48. The van der Waals surface area contributed by atoms with E-state index in [0.29, 0.717) is 28.6 Å². The van der Waals surface area contributed by atoms with Crippen LogP contribution >= 0.6 is 0 Å². The van der Waals surface area contributed by atoms with Gasteiger partial charge in [-0.25, -0.2) is 0 Å². The first-order valence-corrected chi connectivity index (χ1v) is 10.2. The van der Waals surface area contributed by atoms with Crippen molar-refractivity contribution in [3.05, 3.63) is 23.4 Å². The smallest absolute Gasteiger partial charge is 0.0461 e. The van der Waals surface area contributed by atoms with Crippen LogP contribution in [0.4, 0.5) is 0 Å². The second kappa shape index (κ2) is 5.13. The van der Waals surface area contributed by atoms with Gasteiger partial charge in [-0.05, 0) is 78.6 Å². The molecule has 4 aliphatic rings. The van der Waals surface area contributed by atoms with Gasteiger partial charge in [-0.2, -0.15) is 0 Å². The Morgan fingerprint density at radius 2 is 1.75 bits per heavy atom. The van der Waals surface area contributed by atoms with Crippen molar-refractivity contribution in [1.82, 2.24) is 0 Å². The van der Waals surface area contributed by atoms with Gasteiger partial charge in [-0.1, -0.05) is 46.3 Å². The third-order valence-electron chi connectivity index (χ3n) is 9.20.